The van der Waals surface area contributed by atoms with Crippen LogP contribution in [0.5, 0.6) is 40.2 Å². The van der Waals surface area contributed by atoms with Gasteiger partial charge in [0.2, 0.25) is 6.79 Å². The van der Waals surface area contributed by atoms with E-state index in [0.717, 1.165) is 22.3 Å². The van der Waals surface area contributed by atoms with Crippen LogP contribution < -0.4 is 29.0 Å². The van der Waals surface area contributed by atoms with E-state index in [0.29, 0.717) is 82.6 Å². The molecule has 55 heavy (non-hydrogen) atoms. The van der Waals surface area contributed by atoms with Crippen LogP contribution in [-0.4, -0.2) is 103 Å². The SMILES string of the molecule is COc1cc2c(cc1O)CCN[C@]2(C)CSC1c2c(OC(C)=O)c(C)c3c(c2[C@H](COC=O)N2C(O)[C@@H]4Cc5cc(C)c(OC)c(O)c5[C@@H]([C@H]12)N4C)OCO3. The van der Waals surface area contributed by atoms with Crippen LogP contribution in [0.4, 0.5) is 0 Å². The fourth-order valence-electron chi connectivity index (χ4n) is 9.83. The number of nitrogens with zero attached hydrogens (tertiary/aromatic N) is 2. The minimum atomic E-state index is -1.06. The average Bonchev–Trinajstić information content (AvgIpc) is 3.64. The number of likely N-dealkylation sites (N-methyl/N-ethyl adjacent to an activating group) is 1. The highest BCUT2D eigenvalue weighted by molar-refractivity contribution is 7.99. The summed E-state index contributed by atoms with van der Waals surface area (Å²) in [7, 11) is 5.01. The molecule has 15 heteroatoms. The highest BCUT2D eigenvalue weighted by Gasteiger charge is 2.60. The van der Waals surface area contributed by atoms with Crippen LogP contribution in [0, 0.1) is 13.8 Å². The predicted octanol–water partition coefficient (Wildman–Crippen LogP) is 4.05. The second-order valence-electron chi connectivity index (χ2n) is 15.2. The van der Waals surface area contributed by atoms with E-state index < -0.39 is 47.2 Å². The fourth-order valence-corrected chi connectivity index (χ4v) is 11.5. The molecule has 8 rings (SSSR count). The lowest BCUT2D eigenvalue weighted by molar-refractivity contribution is -0.181. The first-order valence-corrected chi connectivity index (χ1v) is 19.4. The smallest absolute Gasteiger partial charge is 0.308 e. The molecule has 0 aliphatic carbocycles. The van der Waals surface area contributed by atoms with Gasteiger partial charge in [-0.1, -0.05) is 6.07 Å². The molecule has 0 amide bonds. The van der Waals surface area contributed by atoms with E-state index in [9.17, 15) is 24.9 Å². The summed E-state index contributed by atoms with van der Waals surface area (Å²) in [6.07, 6.45) is 0.0910. The summed E-state index contributed by atoms with van der Waals surface area (Å²) in [5.74, 6) is 1.98. The first kappa shape index (κ1) is 37.5. The molecule has 3 aromatic carbocycles. The van der Waals surface area contributed by atoms with Gasteiger partial charge in [-0.2, -0.15) is 0 Å². The molecule has 5 aliphatic heterocycles. The molecule has 294 valence electrons. The van der Waals surface area contributed by atoms with E-state index >= 15 is 0 Å². The molecule has 2 unspecified atom stereocenters. The topological polar surface area (TPSA) is 169 Å². The van der Waals surface area contributed by atoms with E-state index in [2.05, 4.69) is 17.1 Å². The van der Waals surface area contributed by atoms with Gasteiger partial charge in [-0.05, 0) is 75.0 Å². The number of phenolic OH excluding ortho intramolecular Hbond substituents is 2. The lowest BCUT2D eigenvalue weighted by atomic mass is 9.73. The molecular formula is C40H47N3O11S. The number of benzene rings is 3. The van der Waals surface area contributed by atoms with Crippen LogP contribution in [-0.2, 0) is 32.7 Å². The van der Waals surface area contributed by atoms with Crippen LogP contribution in [0.15, 0.2) is 18.2 Å². The standard InChI is InChI=1S/C40H47N3O11S/c1-18-10-22-11-24-39(48)43-25(14-51-16-44)29-30(35(54-20(3)45)19(2)36-37(29)53-17-52-36)38(32(43)31(42(24)5)28(22)33(47)34(18)50-7)55-15-40(4)23-13-27(49-6)26(46)12-21(23)8-9-41-40/h10,12-13,16,24-25,31-32,38-39,41,46-48H,8-9,11,14-15,17H2,1-7H3/t24-,25-,31-,32+,38?,39?,40+/m0/s1. The molecule has 2 bridgehead atoms. The van der Waals surface area contributed by atoms with E-state index in [-0.39, 0.29) is 24.9 Å². The number of thioether (sulfide) groups is 1. The van der Waals surface area contributed by atoms with Crippen LogP contribution in [0.25, 0.3) is 0 Å². The normalized spacial score (nSPS) is 27.6. The summed E-state index contributed by atoms with van der Waals surface area (Å²) in [4.78, 5) is 28.9. The minimum absolute atomic E-state index is 0.0307. The Morgan fingerprint density at radius 1 is 1.07 bits per heavy atom. The van der Waals surface area contributed by atoms with Crippen LogP contribution in [0.3, 0.4) is 0 Å². The number of esters is 1. The maximum atomic E-state index is 12.9. The molecule has 0 saturated carbocycles. The number of hydrogen-bond donors (Lipinski definition) is 4. The van der Waals surface area contributed by atoms with E-state index in [1.165, 1.54) is 21.1 Å². The summed E-state index contributed by atoms with van der Waals surface area (Å²) in [6.45, 7) is 8.00. The van der Waals surface area contributed by atoms with Gasteiger partial charge in [0.05, 0.1) is 43.1 Å². The van der Waals surface area contributed by atoms with Gasteiger partial charge in [0.1, 0.15) is 18.6 Å². The van der Waals surface area contributed by atoms with E-state index in [1.807, 2.05) is 37.9 Å². The number of fused-ring (bicyclic) bond motifs is 10. The van der Waals surface area contributed by atoms with Crippen molar-refractivity contribution in [3.8, 4) is 40.2 Å². The van der Waals surface area contributed by atoms with E-state index in [4.69, 9.17) is 28.4 Å². The van der Waals surface area contributed by atoms with Gasteiger partial charge in [-0.15, -0.1) is 11.8 Å². The highest BCUT2D eigenvalue weighted by atomic mass is 32.2. The lowest BCUT2D eigenvalue weighted by Crippen LogP contribution is -2.69. The van der Waals surface area contributed by atoms with Crippen molar-refractivity contribution in [2.45, 2.75) is 81.7 Å². The van der Waals surface area contributed by atoms with Crippen molar-refractivity contribution in [1.29, 1.82) is 0 Å². The van der Waals surface area contributed by atoms with Crippen LogP contribution in [0.1, 0.15) is 75.7 Å². The number of carbonyl (C=O) groups is 2. The van der Waals surface area contributed by atoms with Gasteiger partial charge >= 0.3 is 5.97 Å². The maximum absolute atomic E-state index is 12.9. The Hall–Kier alpha value is -4.41. The van der Waals surface area contributed by atoms with Crippen LogP contribution >= 0.6 is 11.8 Å². The number of aryl methyl sites for hydroxylation is 1. The Bertz CT molecular complexity index is 2080. The molecule has 0 spiro atoms. The zero-order valence-corrected chi connectivity index (χ0v) is 32.7. The van der Waals surface area contributed by atoms with Crippen molar-refractivity contribution in [1.82, 2.24) is 15.1 Å². The molecular weight excluding hydrogens is 731 g/mol. The number of aliphatic hydroxyl groups is 1. The number of ether oxygens (including phenoxy) is 6. The molecule has 7 atom stereocenters. The van der Waals surface area contributed by atoms with Gasteiger partial charge in [0, 0.05) is 47.5 Å². The molecule has 5 aliphatic rings. The minimum Gasteiger partial charge on any atom is -0.504 e. The molecule has 3 aromatic rings. The number of methoxy groups -OCH3 is 2. The van der Waals surface area contributed by atoms with Gasteiger partial charge in [-0.3, -0.25) is 19.4 Å². The second kappa shape index (κ2) is 14.0. The number of aromatic hydroxyl groups is 2. The van der Waals surface area contributed by atoms with Crippen molar-refractivity contribution >= 4 is 24.2 Å². The van der Waals surface area contributed by atoms with Crippen LogP contribution in [0.2, 0.25) is 0 Å². The van der Waals surface area contributed by atoms with Gasteiger partial charge in [-0.25, -0.2) is 0 Å². The van der Waals surface area contributed by atoms with Crippen molar-refractivity contribution < 1.29 is 53.3 Å². The predicted molar refractivity (Wildman–Crippen MR) is 201 cm³/mol. The zero-order valence-electron chi connectivity index (χ0n) is 31.9. The summed E-state index contributed by atoms with van der Waals surface area (Å²) >= 11 is 1.62. The zero-order chi connectivity index (χ0) is 39.1. The van der Waals surface area contributed by atoms with Gasteiger partial charge in [0.25, 0.3) is 6.47 Å². The van der Waals surface area contributed by atoms with Gasteiger partial charge < -0.3 is 49.1 Å². The number of carbonyl (C=O) groups excluding carboxylic acids is 2. The van der Waals surface area contributed by atoms with Crippen molar-refractivity contribution in [3.63, 3.8) is 0 Å². The molecule has 4 N–H and O–H groups in total. The second-order valence-corrected chi connectivity index (χ2v) is 16.3. The largest absolute Gasteiger partial charge is 0.504 e. The summed E-state index contributed by atoms with van der Waals surface area (Å²) in [6, 6.07) is 3.40. The number of piperazine rings is 1. The Morgan fingerprint density at radius 2 is 1.84 bits per heavy atom. The number of rotatable bonds is 9. The van der Waals surface area contributed by atoms with Crippen molar-refractivity contribution in [2.24, 2.45) is 0 Å². The first-order valence-electron chi connectivity index (χ1n) is 18.4. The fraction of sp³-hybridized carbons (Fsp3) is 0.500. The van der Waals surface area contributed by atoms with Crippen molar-refractivity contribution in [3.05, 3.63) is 62.7 Å². The summed E-state index contributed by atoms with van der Waals surface area (Å²) < 4.78 is 35.1. The molecule has 1 fully saturated rings. The Morgan fingerprint density at radius 3 is 2.55 bits per heavy atom. The Balaban J connectivity index is 1.39. The number of aliphatic hydroxyl groups excluding tert-OH is 1. The molecule has 1 saturated heterocycles. The number of phenols is 2. The van der Waals surface area contributed by atoms with E-state index in [1.54, 1.807) is 17.8 Å². The average molecular weight is 778 g/mol. The third-order valence-electron chi connectivity index (χ3n) is 12.2. The third kappa shape index (κ3) is 5.68. The lowest BCUT2D eigenvalue weighted by Gasteiger charge is -2.61. The summed E-state index contributed by atoms with van der Waals surface area (Å²) in [5, 5.41) is 38.5. The maximum Gasteiger partial charge on any atom is 0.308 e. The quantitative estimate of drug-likeness (QED) is 0.139. The Kier molecular flexibility index (Phi) is 9.52. The third-order valence-corrected chi connectivity index (χ3v) is 13.8. The highest BCUT2D eigenvalue weighted by Crippen LogP contribution is 2.64. The summed E-state index contributed by atoms with van der Waals surface area (Å²) in [5.41, 5.74) is 5.57. The Labute approximate surface area is 323 Å². The van der Waals surface area contributed by atoms with Crippen molar-refractivity contribution in [2.75, 3.05) is 47.0 Å². The number of nitrogens with one attached hydrogen (secondary N) is 1. The first-order chi connectivity index (χ1) is 26.3. The number of hydrogen-bond acceptors (Lipinski definition) is 15. The molecule has 0 aromatic heterocycles. The molecule has 14 nitrogen and oxygen atoms in total. The molecule has 5 heterocycles. The molecule has 0 radical (unpaired) electrons. The van der Waals surface area contributed by atoms with Gasteiger partial charge in [0.15, 0.2) is 34.5 Å². The monoisotopic (exact) mass is 777 g/mol.